The number of aromatic carboxylic acids is 1. The van der Waals surface area contributed by atoms with Crippen LogP contribution in [0.5, 0.6) is 0 Å². The molecular formula is C16H17NO2S. The van der Waals surface area contributed by atoms with Crippen LogP contribution in [0.25, 0.3) is 0 Å². The zero-order valence-electron chi connectivity index (χ0n) is 11.1. The molecule has 0 aromatic heterocycles. The SMILES string of the molecule is O=C(O)c1cccc(CNCCSc2ccccc2)c1. The summed E-state index contributed by atoms with van der Waals surface area (Å²) in [6, 6.07) is 17.3. The lowest BCUT2D eigenvalue weighted by Gasteiger charge is -2.06. The fourth-order valence-electron chi connectivity index (χ4n) is 1.80. The predicted octanol–water partition coefficient (Wildman–Crippen LogP) is 3.27. The third kappa shape index (κ3) is 4.72. The van der Waals surface area contributed by atoms with Gasteiger partial charge in [-0.2, -0.15) is 0 Å². The monoisotopic (exact) mass is 287 g/mol. The topological polar surface area (TPSA) is 49.3 Å². The van der Waals surface area contributed by atoms with Crippen LogP contribution in [0.1, 0.15) is 15.9 Å². The lowest BCUT2D eigenvalue weighted by atomic mass is 10.1. The molecule has 0 saturated carbocycles. The number of rotatable bonds is 7. The van der Waals surface area contributed by atoms with E-state index in [1.807, 2.05) is 24.3 Å². The van der Waals surface area contributed by atoms with Crippen molar-refractivity contribution in [3.05, 3.63) is 65.7 Å². The standard InChI is InChI=1S/C16H17NO2S/c18-16(19)14-6-4-5-13(11-14)12-17-9-10-20-15-7-2-1-3-8-15/h1-8,11,17H,9-10,12H2,(H,18,19). The second-order valence-corrected chi connectivity index (χ2v) is 5.51. The lowest BCUT2D eigenvalue weighted by Crippen LogP contribution is -2.16. The largest absolute Gasteiger partial charge is 0.478 e. The molecule has 20 heavy (non-hydrogen) atoms. The average molecular weight is 287 g/mol. The fourth-order valence-corrected chi connectivity index (χ4v) is 2.64. The van der Waals surface area contributed by atoms with Gasteiger partial charge in [0.15, 0.2) is 0 Å². The highest BCUT2D eigenvalue weighted by atomic mass is 32.2. The molecule has 3 nitrogen and oxygen atoms in total. The van der Waals surface area contributed by atoms with Gasteiger partial charge in [0.2, 0.25) is 0 Å². The van der Waals surface area contributed by atoms with Gasteiger partial charge in [0, 0.05) is 23.7 Å². The first-order valence-electron chi connectivity index (χ1n) is 6.46. The Kier molecular flexibility index (Phi) is 5.65. The summed E-state index contributed by atoms with van der Waals surface area (Å²) in [5.74, 6) is 0.106. The maximum atomic E-state index is 10.9. The average Bonchev–Trinajstić information content (AvgIpc) is 2.48. The van der Waals surface area contributed by atoms with Crippen molar-refractivity contribution in [1.29, 1.82) is 0 Å². The third-order valence-electron chi connectivity index (χ3n) is 2.79. The van der Waals surface area contributed by atoms with Crippen LogP contribution >= 0.6 is 11.8 Å². The van der Waals surface area contributed by atoms with Crippen LogP contribution in [0.3, 0.4) is 0 Å². The first kappa shape index (κ1) is 14.6. The lowest BCUT2D eigenvalue weighted by molar-refractivity contribution is 0.0696. The number of thioether (sulfide) groups is 1. The van der Waals surface area contributed by atoms with Crippen LogP contribution in [0, 0.1) is 0 Å². The molecule has 2 N–H and O–H groups in total. The predicted molar refractivity (Wildman–Crippen MR) is 82.3 cm³/mol. The van der Waals surface area contributed by atoms with Crippen LogP contribution in [0.4, 0.5) is 0 Å². The maximum Gasteiger partial charge on any atom is 0.335 e. The van der Waals surface area contributed by atoms with Gasteiger partial charge in [-0.15, -0.1) is 11.8 Å². The Labute approximate surface area is 123 Å². The van der Waals surface area contributed by atoms with Gasteiger partial charge in [0.25, 0.3) is 0 Å². The first-order valence-corrected chi connectivity index (χ1v) is 7.45. The Morgan fingerprint density at radius 3 is 2.65 bits per heavy atom. The molecule has 0 heterocycles. The normalized spacial score (nSPS) is 10.4. The van der Waals surface area contributed by atoms with Gasteiger partial charge < -0.3 is 10.4 Å². The highest BCUT2D eigenvalue weighted by molar-refractivity contribution is 7.99. The van der Waals surface area contributed by atoms with E-state index in [1.165, 1.54) is 4.90 Å². The van der Waals surface area contributed by atoms with Crippen molar-refractivity contribution >= 4 is 17.7 Å². The summed E-state index contributed by atoms with van der Waals surface area (Å²) in [6.45, 7) is 1.58. The molecule has 0 spiro atoms. The maximum absolute atomic E-state index is 10.9. The van der Waals surface area contributed by atoms with Crippen molar-refractivity contribution in [3.8, 4) is 0 Å². The molecule has 2 aromatic carbocycles. The fraction of sp³-hybridized carbons (Fsp3) is 0.188. The summed E-state index contributed by atoms with van der Waals surface area (Å²) >= 11 is 1.81. The third-order valence-corrected chi connectivity index (χ3v) is 3.81. The Morgan fingerprint density at radius 1 is 1.10 bits per heavy atom. The highest BCUT2D eigenvalue weighted by Crippen LogP contribution is 2.15. The van der Waals surface area contributed by atoms with E-state index in [-0.39, 0.29) is 0 Å². The van der Waals surface area contributed by atoms with E-state index in [1.54, 1.807) is 30.0 Å². The molecule has 0 saturated heterocycles. The minimum Gasteiger partial charge on any atom is -0.478 e. The molecular weight excluding hydrogens is 270 g/mol. The van der Waals surface area contributed by atoms with Crippen LogP contribution in [0.2, 0.25) is 0 Å². The van der Waals surface area contributed by atoms with Gasteiger partial charge in [0.1, 0.15) is 0 Å². The molecule has 0 aliphatic rings. The van der Waals surface area contributed by atoms with Gasteiger partial charge in [-0.05, 0) is 29.8 Å². The van der Waals surface area contributed by atoms with Gasteiger partial charge in [0.05, 0.1) is 5.56 Å². The van der Waals surface area contributed by atoms with Gasteiger partial charge in [-0.3, -0.25) is 0 Å². The van der Waals surface area contributed by atoms with Crippen molar-refractivity contribution < 1.29 is 9.90 Å². The van der Waals surface area contributed by atoms with Crippen LogP contribution < -0.4 is 5.32 Å². The molecule has 104 valence electrons. The van der Waals surface area contributed by atoms with Crippen molar-refractivity contribution in [2.24, 2.45) is 0 Å². The molecule has 0 amide bonds. The molecule has 4 heteroatoms. The van der Waals surface area contributed by atoms with Crippen molar-refractivity contribution in [1.82, 2.24) is 5.32 Å². The summed E-state index contributed by atoms with van der Waals surface area (Å²) in [4.78, 5) is 12.1. The van der Waals surface area contributed by atoms with E-state index in [2.05, 4.69) is 17.4 Å². The molecule has 0 unspecified atom stereocenters. The van der Waals surface area contributed by atoms with Crippen molar-refractivity contribution in [3.63, 3.8) is 0 Å². The zero-order chi connectivity index (χ0) is 14.2. The van der Waals surface area contributed by atoms with Crippen molar-refractivity contribution in [2.75, 3.05) is 12.3 Å². The molecule has 2 rings (SSSR count). The van der Waals surface area contributed by atoms with Crippen LogP contribution in [0.15, 0.2) is 59.5 Å². The minimum atomic E-state index is -0.883. The number of carbonyl (C=O) groups is 1. The zero-order valence-corrected chi connectivity index (χ0v) is 11.9. The number of carboxylic acid groups (broad SMARTS) is 1. The minimum absolute atomic E-state index is 0.336. The number of hydrogen-bond acceptors (Lipinski definition) is 3. The van der Waals surface area contributed by atoms with E-state index < -0.39 is 5.97 Å². The second kappa shape index (κ2) is 7.72. The summed E-state index contributed by atoms with van der Waals surface area (Å²) in [6.07, 6.45) is 0. The molecule has 2 aromatic rings. The molecule has 0 fully saturated rings. The molecule has 0 bridgehead atoms. The van der Waals surface area contributed by atoms with E-state index >= 15 is 0 Å². The number of hydrogen-bond donors (Lipinski definition) is 2. The van der Waals surface area contributed by atoms with Gasteiger partial charge >= 0.3 is 5.97 Å². The van der Waals surface area contributed by atoms with Gasteiger partial charge in [-0.1, -0.05) is 30.3 Å². The van der Waals surface area contributed by atoms with Gasteiger partial charge in [-0.25, -0.2) is 4.79 Å². The Bertz CT molecular complexity index is 557. The highest BCUT2D eigenvalue weighted by Gasteiger charge is 2.02. The smallest absolute Gasteiger partial charge is 0.335 e. The molecule has 0 aliphatic heterocycles. The van der Waals surface area contributed by atoms with E-state index in [9.17, 15) is 4.79 Å². The summed E-state index contributed by atoms with van der Waals surface area (Å²) in [7, 11) is 0. The Hall–Kier alpha value is -1.78. The van der Waals surface area contributed by atoms with Crippen LogP contribution in [-0.2, 0) is 6.54 Å². The number of nitrogens with one attached hydrogen (secondary N) is 1. The number of carboxylic acids is 1. The Balaban J connectivity index is 1.71. The Morgan fingerprint density at radius 2 is 1.90 bits per heavy atom. The summed E-state index contributed by atoms with van der Waals surface area (Å²) < 4.78 is 0. The van der Waals surface area contributed by atoms with E-state index in [4.69, 9.17) is 5.11 Å². The number of benzene rings is 2. The van der Waals surface area contributed by atoms with E-state index in [0.717, 1.165) is 17.9 Å². The first-order chi connectivity index (χ1) is 9.75. The second-order valence-electron chi connectivity index (χ2n) is 4.34. The molecule has 0 radical (unpaired) electrons. The quantitative estimate of drug-likeness (QED) is 0.606. The molecule has 0 atom stereocenters. The molecule has 0 aliphatic carbocycles. The van der Waals surface area contributed by atoms with Crippen molar-refractivity contribution in [2.45, 2.75) is 11.4 Å². The summed E-state index contributed by atoms with van der Waals surface area (Å²) in [5.41, 5.74) is 1.33. The van der Waals surface area contributed by atoms with E-state index in [0.29, 0.717) is 12.1 Å². The summed E-state index contributed by atoms with van der Waals surface area (Å²) in [5, 5.41) is 12.2. The van der Waals surface area contributed by atoms with Crippen LogP contribution in [-0.4, -0.2) is 23.4 Å².